The first kappa shape index (κ1) is 20.1. The van der Waals surface area contributed by atoms with Crippen molar-refractivity contribution in [1.29, 1.82) is 0 Å². The van der Waals surface area contributed by atoms with Gasteiger partial charge in [0.25, 0.3) is 5.91 Å². The molecular weight excluding hydrogens is 409 g/mol. The van der Waals surface area contributed by atoms with Gasteiger partial charge in [0.1, 0.15) is 17.6 Å². The fourth-order valence-electron chi connectivity index (χ4n) is 4.08. The third kappa shape index (κ3) is 3.45. The van der Waals surface area contributed by atoms with E-state index in [4.69, 9.17) is 21.8 Å². The van der Waals surface area contributed by atoms with Crippen LogP contribution in [0.1, 0.15) is 51.4 Å². The zero-order valence-electron chi connectivity index (χ0n) is 16.1. The Morgan fingerprint density at radius 1 is 1.30 bits per heavy atom. The Morgan fingerprint density at radius 2 is 2.03 bits per heavy atom. The van der Waals surface area contributed by atoms with Gasteiger partial charge in [-0.25, -0.2) is 9.37 Å². The fraction of sp³-hybridized carbons (Fsp3) is 0.227. The molecule has 0 saturated carbocycles. The van der Waals surface area contributed by atoms with Gasteiger partial charge in [-0.1, -0.05) is 41.9 Å². The van der Waals surface area contributed by atoms with E-state index in [1.165, 1.54) is 17.4 Å². The number of carbonyl (C=O) groups excluding carboxylic acids is 2. The average Bonchev–Trinajstić information content (AvgIpc) is 3.32. The molecule has 6 nitrogen and oxygen atoms in total. The molecule has 154 valence electrons. The molecule has 8 heteroatoms. The second kappa shape index (κ2) is 7.91. The molecule has 0 spiro atoms. The standard InChI is InChI=1S/C22H19ClFN3O3/c1-12-19(26-11-30-12)22(29)27(20(21(25)28)13-5-3-2-4-6-13)18-8-7-15-16(18)9-14(23)10-17(15)24/h2-6,9-11,18,20H,7-8H2,1H3,(H2,25,28)/t18-,20?/m1/s1. The number of nitrogens with zero attached hydrogens (tertiary/aromatic N) is 2. The van der Waals surface area contributed by atoms with E-state index >= 15 is 0 Å². The van der Waals surface area contributed by atoms with Crippen LogP contribution in [0.25, 0.3) is 0 Å². The zero-order chi connectivity index (χ0) is 21.4. The molecule has 30 heavy (non-hydrogen) atoms. The third-order valence-electron chi connectivity index (χ3n) is 5.40. The van der Waals surface area contributed by atoms with Crippen LogP contribution in [0.4, 0.5) is 4.39 Å². The lowest BCUT2D eigenvalue weighted by Gasteiger charge is -2.35. The summed E-state index contributed by atoms with van der Waals surface area (Å²) in [5, 5.41) is 0.221. The number of fused-ring (bicyclic) bond motifs is 1. The number of hydrogen-bond acceptors (Lipinski definition) is 4. The molecule has 2 amide bonds. The van der Waals surface area contributed by atoms with Crippen molar-refractivity contribution in [3.63, 3.8) is 0 Å². The Balaban J connectivity index is 1.89. The minimum absolute atomic E-state index is 0.0770. The number of hydrogen-bond donors (Lipinski definition) is 1. The summed E-state index contributed by atoms with van der Waals surface area (Å²) in [4.78, 5) is 31.6. The van der Waals surface area contributed by atoms with Crippen LogP contribution in [-0.4, -0.2) is 21.7 Å². The van der Waals surface area contributed by atoms with Gasteiger partial charge in [0.15, 0.2) is 12.1 Å². The van der Waals surface area contributed by atoms with Crippen LogP contribution in [0.15, 0.2) is 53.3 Å². The van der Waals surface area contributed by atoms with Gasteiger partial charge in [-0.3, -0.25) is 9.59 Å². The number of nitrogens with two attached hydrogens (primary N) is 1. The van der Waals surface area contributed by atoms with Gasteiger partial charge < -0.3 is 15.1 Å². The molecule has 0 bridgehead atoms. The summed E-state index contributed by atoms with van der Waals surface area (Å²) >= 11 is 6.10. The van der Waals surface area contributed by atoms with Gasteiger partial charge >= 0.3 is 0 Å². The van der Waals surface area contributed by atoms with Crippen molar-refractivity contribution in [2.75, 3.05) is 0 Å². The molecule has 0 aliphatic heterocycles. The minimum atomic E-state index is -1.08. The Kier molecular flexibility index (Phi) is 5.30. The van der Waals surface area contributed by atoms with E-state index in [-0.39, 0.29) is 10.7 Å². The van der Waals surface area contributed by atoms with Crippen molar-refractivity contribution in [3.05, 3.63) is 87.8 Å². The van der Waals surface area contributed by atoms with Crippen LogP contribution in [-0.2, 0) is 11.2 Å². The Labute approximate surface area is 177 Å². The lowest BCUT2D eigenvalue weighted by Crippen LogP contribution is -2.43. The highest BCUT2D eigenvalue weighted by Gasteiger charge is 2.41. The van der Waals surface area contributed by atoms with Gasteiger partial charge in [-0.05, 0) is 48.6 Å². The van der Waals surface area contributed by atoms with E-state index in [1.54, 1.807) is 43.3 Å². The van der Waals surface area contributed by atoms with E-state index in [2.05, 4.69) is 4.98 Å². The predicted molar refractivity (Wildman–Crippen MR) is 108 cm³/mol. The van der Waals surface area contributed by atoms with Crippen LogP contribution in [0.3, 0.4) is 0 Å². The Morgan fingerprint density at radius 3 is 2.67 bits per heavy atom. The summed E-state index contributed by atoms with van der Waals surface area (Å²) in [5.41, 5.74) is 7.45. The second-order valence-electron chi connectivity index (χ2n) is 7.20. The van der Waals surface area contributed by atoms with Crippen LogP contribution in [0.5, 0.6) is 0 Å². The SMILES string of the molecule is Cc1ocnc1C(=O)N(C(C(N)=O)c1ccccc1)[C@@H]1CCc2c(F)cc(Cl)cc21. The molecule has 2 N–H and O–H groups in total. The van der Waals surface area contributed by atoms with Crippen LogP contribution < -0.4 is 5.73 Å². The summed E-state index contributed by atoms with van der Waals surface area (Å²) in [7, 11) is 0. The lowest BCUT2D eigenvalue weighted by atomic mass is 9.98. The molecule has 3 aromatic rings. The van der Waals surface area contributed by atoms with Gasteiger partial charge in [0.2, 0.25) is 5.91 Å². The molecule has 1 aromatic heterocycles. The second-order valence-corrected chi connectivity index (χ2v) is 7.63. The van der Waals surface area contributed by atoms with Crippen molar-refractivity contribution >= 4 is 23.4 Å². The highest BCUT2D eigenvalue weighted by Crippen LogP contribution is 2.43. The molecule has 4 rings (SSSR count). The van der Waals surface area contributed by atoms with Gasteiger partial charge in [-0.2, -0.15) is 0 Å². The maximum atomic E-state index is 14.5. The summed E-state index contributed by atoms with van der Waals surface area (Å²) in [5.74, 6) is -1.34. The highest BCUT2D eigenvalue weighted by atomic mass is 35.5. The fourth-order valence-corrected chi connectivity index (χ4v) is 4.29. The van der Waals surface area contributed by atoms with E-state index in [0.29, 0.717) is 35.3 Å². The number of aromatic nitrogens is 1. The van der Waals surface area contributed by atoms with Crippen molar-refractivity contribution in [3.8, 4) is 0 Å². The summed E-state index contributed by atoms with van der Waals surface area (Å²) in [6.45, 7) is 1.61. The summed E-state index contributed by atoms with van der Waals surface area (Å²) in [6, 6.07) is 9.97. The Bertz CT molecular complexity index is 1120. The summed E-state index contributed by atoms with van der Waals surface area (Å²) in [6.07, 6.45) is 2.00. The molecule has 2 atom stereocenters. The van der Waals surface area contributed by atoms with E-state index in [0.717, 1.165) is 0 Å². The molecule has 0 fully saturated rings. The van der Waals surface area contributed by atoms with Crippen molar-refractivity contribution in [2.24, 2.45) is 5.73 Å². The molecule has 2 aromatic carbocycles. The normalized spacial score (nSPS) is 16.2. The topological polar surface area (TPSA) is 89.4 Å². The number of carbonyl (C=O) groups is 2. The van der Waals surface area contributed by atoms with Crippen LogP contribution in [0, 0.1) is 12.7 Å². The number of aryl methyl sites for hydroxylation is 1. The first-order valence-corrected chi connectivity index (χ1v) is 9.81. The number of rotatable bonds is 5. The van der Waals surface area contributed by atoms with Crippen molar-refractivity contribution in [1.82, 2.24) is 9.88 Å². The van der Waals surface area contributed by atoms with Crippen LogP contribution >= 0.6 is 11.6 Å². The van der Waals surface area contributed by atoms with Gasteiger partial charge in [0.05, 0.1) is 6.04 Å². The largest absolute Gasteiger partial charge is 0.448 e. The molecular formula is C22H19ClFN3O3. The first-order chi connectivity index (χ1) is 14.4. The van der Waals surface area contributed by atoms with Gasteiger partial charge in [-0.15, -0.1) is 0 Å². The molecule has 0 saturated heterocycles. The number of halogens is 2. The molecule has 1 heterocycles. The highest BCUT2D eigenvalue weighted by molar-refractivity contribution is 6.30. The smallest absolute Gasteiger partial charge is 0.277 e. The zero-order valence-corrected chi connectivity index (χ0v) is 16.9. The summed E-state index contributed by atoms with van der Waals surface area (Å²) < 4.78 is 19.7. The lowest BCUT2D eigenvalue weighted by molar-refractivity contribution is -0.123. The van der Waals surface area contributed by atoms with Crippen molar-refractivity contribution in [2.45, 2.75) is 31.8 Å². The quantitative estimate of drug-likeness (QED) is 0.662. The average molecular weight is 428 g/mol. The number of benzene rings is 2. The molecule has 1 aliphatic rings. The van der Waals surface area contributed by atoms with E-state index in [1.807, 2.05) is 0 Å². The number of primary amides is 1. The molecule has 0 radical (unpaired) electrons. The third-order valence-corrected chi connectivity index (χ3v) is 5.62. The number of oxazole rings is 1. The first-order valence-electron chi connectivity index (χ1n) is 9.43. The van der Waals surface area contributed by atoms with E-state index in [9.17, 15) is 14.0 Å². The van der Waals surface area contributed by atoms with Crippen LogP contribution in [0.2, 0.25) is 5.02 Å². The maximum absolute atomic E-state index is 14.5. The monoisotopic (exact) mass is 427 g/mol. The van der Waals surface area contributed by atoms with E-state index < -0.39 is 29.7 Å². The van der Waals surface area contributed by atoms with Crippen molar-refractivity contribution < 1.29 is 18.4 Å². The van der Waals surface area contributed by atoms with Gasteiger partial charge in [0, 0.05) is 5.02 Å². The number of amides is 2. The predicted octanol–water partition coefficient (Wildman–Crippen LogP) is 4.13. The molecule has 1 unspecified atom stereocenters. The minimum Gasteiger partial charge on any atom is -0.448 e. The Hall–Kier alpha value is -3.19. The molecule has 1 aliphatic carbocycles. The maximum Gasteiger partial charge on any atom is 0.277 e.